The van der Waals surface area contributed by atoms with Gasteiger partial charge >= 0.3 is 0 Å². The maximum atomic E-state index is 12.4. The molecule has 6 heteroatoms. The van der Waals surface area contributed by atoms with Crippen molar-refractivity contribution in [1.29, 1.82) is 0 Å². The summed E-state index contributed by atoms with van der Waals surface area (Å²) in [5, 5.41) is 2.53. The second-order valence-corrected chi connectivity index (χ2v) is 7.87. The van der Waals surface area contributed by atoms with Crippen LogP contribution in [0.3, 0.4) is 0 Å². The van der Waals surface area contributed by atoms with Crippen molar-refractivity contribution in [3.05, 3.63) is 71.2 Å². The van der Waals surface area contributed by atoms with Gasteiger partial charge in [0.1, 0.15) is 12.4 Å². The second kappa shape index (κ2) is 7.44. The van der Waals surface area contributed by atoms with Gasteiger partial charge in [-0.3, -0.25) is 0 Å². The van der Waals surface area contributed by atoms with Gasteiger partial charge in [-0.2, -0.15) is 0 Å². The fourth-order valence-corrected chi connectivity index (χ4v) is 3.80. The molecule has 0 spiro atoms. The monoisotopic (exact) mass is 375 g/mol. The lowest BCUT2D eigenvalue weighted by atomic mass is 10.1. The third-order valence-electron chi connectivity index (χ3n) is 3.82. The minimum absolute atomic E-state index is 0.178. The smallest absolute Gasteiger partial charge is 0.240 e. The van der Waals surface area contributed by atoms with E-state index in [0.29, 0.717) is 10.8 Å². The fourth-order valence-electron chi connectivity index (χ4n) is 2.53. The summed E-state index contributed by atoms with van der Waals surface area (Å²) in [6, 6.07) is 18.0. The van der Waals surface area contributed by atoms with Crippen LogP contribution in [0.2, 0.25) is 5.02 Å². The van der Waals surface area contributed by atoms with Crippen molar-refractivity contribution >= 4 is 32.4 Å². The summed E-state index contributed by atoms with van der Waals surface area (Å²) in [5.74, 6) is 0.689. The number of halogens is 1. The van der Waals surface area contributed by atoms with Crippen molar-refractivity contribution < 1.29 is 13.2 Å². The van der Waals surface area contributed by atoms with E-state index in [0.717, 1.165) is 16.3 Å². The summed E-state index contributed by atoms with van der Waals surface area (Å²) < 4.78 is 33.0. The van der Waals surface area contributed by atoms with Crippen molar-refractivity contribution in [1.82, 2.24) is 4.72 Å². The van der Waals surface area contributed by atoms with Gasteiger partial charge in [0.2, 0.25) is 10.0 Å². The van der Waals surface area contributed by atoms with E-state index in [-0.39, 0.29) is 18.0 Å². The van der Waals surface area contributed by atoms with E-state index in [4.69, 9.17) is 16.3 Å². The van der Waals surface area contributed by atoms with Crippen LogP contribution < -0.4 is 9.46 Å². The molecule has 130 valence electrons. The van der Waals surface area contributed by atoms with Crippen LogP contribution in [-0.4, -0.2) is 21.6 Å². The zero-order valence-electron chi connectivity index (χ0n) is 13.7. The van der Waals surface area contributed by atoms with Gasteiger partial charge < -0.3 is 4.74 Å². The lowest BCUT2D eigenvalue weighted by Gasteiger charge is -2.11. The van der Waals surface area contributed by atoms with Crippen molar-refractivity contribution in [2.45, 2.75) is 11.8 Å². The topological polar surface area (TPSA) is 55.4 Å². The first-order valence-electron chi connectivity index (χ1n) is 7.83. The Hall–Kier alpha value is -2.08. The van der Waals surface area contributed by atoms with Gasteiger partial charge in [-0.15, -0.1) is 0 Å². The van der Waals surface area contributed by atoms with Gasteiger partial charge in [0, 0.05) is 11.6 Å². The number of ether oxygens (including phenoxy) is 1. The molecule has 0 bridgehead atoms. The number of rotatable bonds is 6. The molecule has 0 fully saturated rings. The molecular formula is C19H18ClNO3S. The molecule has 3 aromatic rings. The van der Waals surface area contributed by atoms with Crippen LogP contribution in [0.15, 0.2) is 65.6 Å². The van der Waals surface area contributed by atoms with Gasteiger partial charge in [-0.25, -0.2) is 13.1 Å². The van der Waals surface area contributed by atoms with Crippen molar-refractivity contribution in [3.63, 3.8) is 0 Å². The highest BCUT2D eigenvalue weighted by Crippen LogP contribution is 2.22. The van der Waals surface area contributed by atoms with E-state index in [1.807, 2.05) is 31.2 Å². The lowest BCUT2D eigenvalue weighted by molar-refractivity contribution is 0.320. The number of nitrogens with one attached hydrogen (secondary N) is 1. The van der Waals surface area contributed by atoms with Crippen molar-refractivity contribution in [2.24, 2.45) is 0 Å². The van der Waals surface area contributed by atoms with Crippen LogP contribution in [0, 0.1) is 6.92 Å². The Morgan fingerprint density at radius 1 is 1.00 bits per heavy atom. The molecule has 0 unspecified atom stereocenters. The average Bonchev–Trinajstić information content (AvgIpc) is 2.60. The molecule has 1 N–H and O–H groups in total. The number of hydrogen-bond acceptors (Lipinski definition) is 3. The van der Waals surface area contributed by atoms with E-state index >= 15 is 0 Å². The molecular weight excluding hydrogens is 358 g/mol. The lowest BCUT2D eigenvalue weighted by Crippen LogP contribution is -2.28. The molecule has 0 aromatic heterocycles. The maximum Gasteiger partial charge on any atom is 0.240 e. The van der Waals surface area contributed by atoms with Crippen molar-refractivity contribution in [2.75, 3.05) is 13.2 Å². The SMILES string of the molecule is Cc1cc(Cl)ccc1OCCNS(=O)(=O)c1ccc2ccccc2c1. The molecule has 0 saturated carbocycles. The summed E-state index contributed by atoms with van der Waals surface area (Å²) in [7, 11) is -3.57. The Bertz CT molecular complexity index is 1000. The zero-order chi connectivity index (χ0) is 17.9. The summed E-state index contributed by atoms with van der Waals surface area (Å²) in [6.45, 7) is 2.30. The Labute approximate surface area is 152 Å². The molecule has 0 aliphatic carbocycles. The quantitative estimate of drug-likeness (QED) is 0.658. The zero-order valence-corrected chi connectivity index (χ0v) is 15.3. The van der Waals surface area contributed by atoms with Gasteiger partial charge in [0.05, 0.1) is 4.90 Å². The molecule has 0 radical (unpaired) electrons. The Balaban J connectivity index is 1.63. The Morgan fingerprint density at radius 3 is 2.52 bits per heavy atom. The highest BCUT2D eigenvalue weighted by Gasteiger charge is 2.14. The first kappa shape index (κ1) is 17.7. The van der Waals surface area contributed by atoms with E-state index in [1.54, 1.807) is 36.4 Å². The molecule has 3 rings (SSSR count). The third kappa shape index (κ3) is 4.31. The predicted octanol–water partition coefficient (Wildman–Crippen LogP) is 4.16. The van der Waals surface area contributed by atoms with Crippen LogP contribution in [0.1, 0.15) is 5.56 Å². The first-order valence-corrected chi connectivity index (χ1v) is 9.69. The number of fused-ring (bicyclic) bond motifs is 1. The van der Waals surface area contributed by atoms with E-state index in [1.165, 1.54) is 0 Å². The largest absolute Gasteiger partial charge is 0.492 e. The van der Waals surface area contributed by atoms with Crippen LogP contribution in [0.4, 0.5) is 0 Å². The van der Waals surface area contributed by atoms with Gasteiger partial charge in [0.25, 0.3) is 0 Å². The van der Waals surface area contributed by atoms with Crippen LogP contribution in [0.5, 0.6) is 5.75 Å². The Morgan fingerprint density at radius 2 is 1.76 bits per heavy atom. The van der Waals surface area contributed by atoms with Crippen molar-refractivity contribution in [3.8, 4) is 5.75 Å². The molecule has 0 heterocycles. The highest BCUT2D eigenvalue weighted by atomic mass is 35.5. The molecule has 0 saturated heterocycles. The van der Waals surface area contributed by atoms with Crippen LogP contribution >= 0.6 is 11.6 Å². The maximum absolute atomic E-state index is 12.4. The molecule has 4 nitrogen and oxygen atoms in total. The Kier molecular flexibility index (Phi) is 5.27. The predicted molar refractivity (Wildman–Crippen MR) is 101 cm³/mol. The molecule has 25 heavy (non-hydrogen) atoms. The molecule has 0 aliphatic heterocycles. The number of sulfonamides is 1. The molecule has 3 aromatic carbocycles. The fraction of sp³-hybridized carbons (Fsp3) is 0.158. The summed E-state index contributed by atoms with van der Waals surface area (Å²) >= 11 is 5.90. The summed E-state index contributed by atoms with van der Waals surface area (Å²) in [5.41, 5.74) is 0.907. The normalized spacial score (nSPS) is 11.6. The van der Waals surface area contributed by atoms with Crippen LogP contribution in [-0.2, 0) is 10.0 Å². The third-order valence-corrected chi connectivity index (χ3v) is 5.51. The standard InChI is InChI=1S/C19H18ClNO3S/c1-14-12-17(20)7-9-19(14)24-11-10-21-25(22,23)18-8-6-15-4-2-3-5-16(15)13-18/h2-9,12-13,21H,10-11H2,1H3. The van der Waals surface area contributed by atoms with E-state index < -0.39 is 10.0 Å². The second-order valence-electron chi connectivity index (χ2n) is 5.67. The molecule has 0 atom stereocenters. The number of aryl methyl sites for hydroxylation is 1. The summed E-state index contributed by atoms with van der Waals surface area (Å²) in [4.78, 5) is 0.244. The molecule has 0 amide bonds. The minimum atomic E-state index is -3.57. The van der Waals surface area contributed by atoms with E-state index in [9.17, 15) is 8.42 Å². The van der Waals surface area contributed by atoms with Crippen LogP contribution in [0.25, 0.3) is 10.8 Å². The summed E-state index contributed by atoms with van der Waals surface area (Å²) in [6.07, 6.45) is 0. The van der Waals surface area contributed by atoms with Gasteiger partial charge in [-0.1, -0.05) is 41.9 Å². The van der Waals surface area contributed by atoms with E-state index in [2.05, 4.69) is 4.72 Å². The number of benzene rings is 3. The highest BCUT2D eigenvalue weighted by molar-refractivity contribution is 7.89. The average molecular weight is 376 g/mol. The minimum Gasteiger partial charge on any atom is -0.492 e. The molecule has 0 aliphatic rings. The van der Waals surface area contributed by atoms with Gasteiger partial charge in [0.15, 0.2) is 0 Å². The first-order chi connectivity index (χ1) is 12.0. The van der Waals surface area contributed by atoms with Gasteiger partial charge in [-0.05, 0) is 53.6 Å². The number of hydrogen-bond donors (Lipinski definition) is 1.